The summed E-state index contributed by atoms with van der Waals surface area (Å²) >= 11 is 4.70. The molecule has 204 valence electrons. The van der Waals surface area contributed by atoms with Gasteiger partial charge in [-0.25, -0.2) is 14.6 Å². The van der Waals surface area contributed by atoms with Crippen molar-refractivity contribution >= 4 is 56.3 Å². The molecule has 4 rings (SSSR count). The lowest BCUT2D eigenvalue weighted by Crippen LogP contribution is -2.32. The number of hydrogen-bond acceptors (Lipinski definition) is 8. The van der Waals surface area contributed by atoms with E-state index in [0.29, 0.717) is 39.3 Å². The Bertz CT molecular complexity index is 1440. The number of thiophene rings is 1. The third-order valence-corrected chi connectivity index (χ3v) is 7.58. The highest BCUT2D eigenvalue weighted by atomic mass is 79.9. The van der Waals surface area contributed by atoms with Crippen molar-refractivity contribution in [1.82, 2.24) is 5.43 Å². The largest absolute Gasteiger partial charge is 0.490 e. The molecule has 0 fully saturated rings. The van der Waals surface area contributed by atoms with Gasteiger partial charge in [0.15, 0.2) is 11.5 Å². The fourth-order valence-corrected chi connectivity index (χ4v) is 5.86. The first kappa shape index (κ1) is 28.2. The number of ether oxygens (including phenoxy) is 3. The first-order valence-corrected chi connectivity index (χ1v) is 13.6. The Kier molecular flexibility index (Phi) is 9.31. The minimum Gasteiger partial charge on any atom is -0.490 e. The molecule has 39 heavy (non-hydrogen) atoms. The van der Waals surface area contributed by atoms with Crippen LogP contribution in [0.15, 0.2) is 46.0 Å². The Hall–Kier alpha value is -3.77. The van der Waals surface area contributed by atoms with Gasteiger partial charge < -0.3 is 19.5 Å². The molecule has 0 atom stereocenters. The molecule has 9 nitrogen and oxygen atoms in total. The summed E-state index contributed by atoms with van der Waals surface area (Å²) in [4.78, 5) is 38.1. The molecule has 1 aliphatic rings. The summed E-state index contributed by atoms with van der Waals surface area (Å²) in [6, 6.07) is 9.62. The summed E-state index contributed by atoms with van der Waals surface area (Å²) < 4.78 is 30.9. The number of aryl methyl sites for hydroxylation is 1. The van der Waals surface area contributed by atoms with Crippen LogP contribution in [0, 0.1) is 5.82 Å². The van der Waals surface area contributed by atoms with Crippen molar-refractivity contribution in [2.24, 2.45) is 5.10 Å². The predicted octanol–water partition coefficient (Wildman–Crippen LogP) is 4.99. The van der Waals surface area contributed by atoms with E-state index in [9.17, 15) is 18.8 Å². The first-order valence-electron chi connectivity index (χ1n) is 12.0. The second kappa shape index (κ2) is 12.9. The van der Waals surface area contributed by atoms with Gasteiger partial charge in [0.2, 0.25) is 0 Å². The van der Waals surface area contributed by atoms with Gasteiger partial charge in [-0.2, -0.15) is 5.10 Å². The Morgan fingerprint density at radius 3 is 2.69 bits per heavy atom. The zero-order chi connectivity index (χ0) is 27.9. The molecule has 0 spiro atoms. The number of amides is 2. The summed E-state index contributed by atoms with van der Waals surface area (Å²) in [6.45, 7) is 2.15. The van der Waals surface area contributed by atoms with Crippen LogP contribution in [0.25, 0.3) is 0 Å². The first-order chi connectivity index (χ1) is 18.8. The van der Waals surface area contributed by atoms with Crippen molar-refractivity contribution in [2.75, 3.05) is 19.0 Å². The van der Waals surface area contributed by atoms with Crippen LogP contribution < -0.4 is 20.2 Å². The van der Waals surface area contributed by atoms with Crippen molar-refractivity contribution in [3.8, 4) is 11.5 Å². The number of anilines is 1. The maximum atomic E-state index is 14.0. The third-order valence-electron chi connectivity index (χ3n) is 5.79. The minimum absolute atomic E-state index is 0.00509. The second-order valence-corrected chi connectivity index (χ2v) is 10.3. The normalized spacial score (nSPS) is 12.2. The molecule has 1 aliphatic carbocycles. The van der Waals surface area contributed by atoms with Crippen molar-refractivity contribution < 1.29 is 33.0 Å². The zero-order valence-corrected chi connectivity index (χ0v) is 23.5. The molecule has 2 amide bonds. The van der Waals surface area contributed by atoms with E-state index in [-0.39, 0.29) is 17.4 Å². The van der Waals surface area contributed by atoms with Crippen LogP contribution in [0.4, 0.5) is 9.39 Å². The predicted molar refractivity (Wildman–Crippen MR) is 148 cm³/mol. The van der Waals surface area contributed by atoms with Crippen LogP contribution in [-0.2, 0) is 33.8 Å². The number of rotatable bonds is 9. The van der Waals surface area contributed by atoms with E-state index in [1.54, 1.807) is 30.3 Å². The molecule has 2 aromatic carbocycles. The van der Waals surface area contributed by atoms with E-state index >= 15 is 0 Å². The van der Waals surface area contributed by atoms with Crippen LogP contribution in [0.1, 0.15) is 45.3 Å². The number of nitrogens with one attached hydrogen (secondary N) is 2. The number of nitrogens with zero attached hydrogens (tertiary/aromatic N) is 1. The summed E-state index contributed by atoms with van der Waals surface area (Å²) in [7, 11) is 1.27. The lowest BCUT2D eigenvalue weighted by molar-refractivity contribution is -0.136. The van der Waals surface area contributed by atoms with E-state index < -0.39 is 17.8 Å². The highest BCUT2D eigenvalue weighted by molar-refractivity contribution is 9.10. The van der Waals surface area contributed by atoms with Gasteiger partial charge in [0, 0.05) is 10.4 Å². The van der Waals surface area contributed by atoms with Gasteiger partial charge in [-0.1, -0.05) is 18.2 Å². The highest BCUT2D eigenvalue weighted by Crippen LogP contribution is 2.39. The molecule has 12 heteroatoms. The van der Waals surface area contributed by atoms with E-state index in [1.165, 1.54) is 30.7 Å². The standard InChI is InChI=1S/C27H25BrFN3O6S/c1-3-37-20-12-15(11-18(28)23(20)38-14-16-7-4-5-9-19(16)29)13-30-32-25(34)24(33)31-26-22(27(35)36-2)17-8-6-10-21(17)39-26/h4-5,7,9,11-13H,3,6,8,10,14H2,1-2H3,(H,31,33)(H,32,34)/b30-13+. The Labute approximate surface area is 236 Å². The Morgan fingerprint density at radius 1 is 1.15 bits per heavy atom. The quantitative estimate of drug-likeness (QED) is 0.151. The van der Waals surface area contributed by atoms with Crippen molar-refractivity contribution in [2.45, 2.75) is 32.8 Å². The zero-order valence-electron chi connectivity index (χ0n) is 21.1. The maximum absolute atomic E-state index is 14.0. The van der Waals surface area contributed by atoms with Crippen LogP contribution in [-0.4, -0.2) is 37.7 Å². The number of hydrogen-bond donors (Lipinski definition) is 2. The Morgan fingerprint density at radius 2 is 1.95 bits per heavy atom. The van der Waals surface area contributed by atoms with Gasteiger partial charge in [0.1, 0.15) is 17.4 Å². The smallest absolute Gasteiger partial charge is 0.341 e. The lowest BCUT2D eigenvalue weighted by Gasteiger charge is -2.15. The number of carbonyl (C=O) groups is 3. The van der Waals surface area contributed by atoms with E-state index in [2.05, 4.69) is 31.8 Å². The third kappa shape index (κ3) is 6.63. The summed E-state index contributed by atoms with van der Waals surface area (Å²) in [5.41, 5.74) is 4.26. The van der Waals surface area contributed by atoms with Gasteiger partial charge in [-0.05, 0) is 71.4 Å². The van der Waals surface area contributed by atoms with Gasteiger partial charge in [0.05, 0.1) is 30.0 Å². The number of fused-ring (bicyclic) bond motifs is 1. The molecule has 0 saturated carbocycles. The van der Waals surface area contributed by atoms with Crippen molar-refractivity contribution in [3.63, 3.8) is 0 Å². The summed E-state index contributed by atoms with van der Waals surface area (Å²) in [5, 5.41) is 6.65. The molecule has 0 radical (unpaired) electrons. The van der Waals surface area contributed by atoms with Crippen molar-refractivity contribution in [3.05, 3.63) is 73.8 Å². The van der Waals surface area contributed by atoms with Gasteiger partial charge in [0.25, 0.3) is 0 Å². The average Bonchev–Trinajstić information content (AvgIpc) is 3.50. The lowest BCUT2D eigenvalue weighted by atomic mass is 10.1. The molecule has 0 bridgehead atoms. The van der Waals surface area contributed by atoms with E-state index in [4.69, 9.17) is 14.2 Å². The summed E-state index contributed by atoms with van der Waals surface area (Å²) in [6.07, 6.45) is 3.78. The van der Waals surface area contributed by atoms with Gasteiger partial charge in [-0.3, -0.25) is 9.59 Å². The molecule has 2 N–H and O–H groups in total. The number of benzene rings is 2. The molecule has 0 unspecified atom stereocenters. The topological polar surface area (TPSA) is 115 Å². The average molecular weight is 618 g/mol. The van der Waals surface area contributed by atoms with E-state index in [1.807, 2.05) is 6.92 Å². The fourth-order valence-electron chi connectivity index (χ4n) is 4.02. The second-order valence-electron chi connectivity index (χ2n) is 8.35. The molecule has 3 aromatic rings. The van der Waals surface area contributed by atoms with Crippen molar-refractivity contribution in [1.29, 1.82) is 0 Å². The number of carbonyl (C=O) groups excluding carboxylic acids is 3. The molecule has 1 heterocycles. The number of methoxy groups -OCH3 is 1. The Balaban J connectivity index is 1.42. The SMILES string of the molecule is CCOc1cc(/C=N/NC(=O)C(=O)Nc2sc3c(c2C(=O)OC)CCC3)cc(Br)c1OCc1ccccc1F. The summed E-state index contributed by atoms with van der Waals surface area (Å²) in [5.74, 6) is -2.14. The molecular weight excluding hydrogens is 593 g/mol. The maximum Gasteiger partial charge on any atom is 0.341 e. The van der Waals surface area contributed by atoms with Crippen LogP contribution in [0.3, 0.4) is 0 Å². The molecule has 0 saturated heterocycles. The fraction of sp³-hybridized carbons (Fsp3) is 0.259. The molecule has 0 aliphatic heterocycles. The monoisotopic (exact) mass is 617 g/mol. The molecule has 1 aromatic heterocycles. The number of esters is 1. The van der Waals surface area contributed by atoms with Crippen LogP contribution in [0.5, 0.6) is 11.5 Å². The number of halogens is 2. The van der Waals surface area contributed by atoms with Gasteiger partial charge >= 0.3 is 17.8 Å². The number of hydrazone groups is 1. The van der Waals surface area contributed by atoms with Crippen LogP contribution >= 0.6 is 27.3 Å². The highest BCUT2D eigenvalue weighted by Gasteiger charge is 2.29. The minimum atomic E-state index is -1.01. The molecular formula is C27H25BrFN3O6S. The van der Waals surface area contributed by atoms with Gasteiger partial charge in [-0.15, -0.1) is 11.3 Å². The van der Waals surface area contributed by atoms with E-state index in [0.717, 1.165) is 29.7 Å². The van der Waals surface area contributed by atoms with Crippen LogP contribution in [0.2, 0.25) is 0 Å².